The van der Waals surface area contributed by atoms with E-state index in [1.165, 1.54) is 23.9 Å². The molecule has 1 aliphatic rings. The second-order valence-corrected chi connectivity index (χ2v) is 7.08. The van der Waals surface area contributed by atoms with Crippen molar-refractivity contribution in [1.29, 1.82) is 0 Å². The number of nitrogens with zero attached hydrogens (tertiary/aromatic N) is 1. The van der Waals surface area contributed by atoms with E-state index >= 15 is 0 Å². The van der Waals surface area contributed by atoms with Gasteiger partial charge in [0.05, 0.1) is 17.5 Å². The van der Waals surface area contributed by atoms with Gasteiger partial charge in [-0.15, -0.1) is 0 Å². The Bertz CT molecular complexity index is 948. The number of amides is 1. The van der Waals surface area contributed by atoms with Crippen LogP contribution in [-0.2, 0) is 5.41 Å². The summed E-state index contributed by atoms with van der Waals surface area (Å²) in [6.45, 7) is 0.543. The number of nitrogens with one attached hydrogen (secondary N) is 2. The molecule has 1 aliphatic carbocycles. The maximum atomic E-state index is 13.5. The molecule has 2 N–H and O–H groups in total. The zero-order chi connectivity index (χ0) is 18.1. The van der Waals surface area contributed by atoms with Crippen LogP contribution in [0.4, 0.5) is 4.39 Å². The van der Waals surface area contributed by atoms with Crippen LogP contribution in [0.5, 0.6) is 0 Å². The number of rotatable bonds is 5. The Morgan fingerprint density at radius 3 is 2.69 bits per heavy atom. The average Bonchev–Trinajstić information content (AvgIpc) is 3.26. The molecule has 0 radical (unpaired) electrons. The van der Waals surface area contributed by atoms with Crippen LogP contribution >= 0.6 is 11.6 Å². The summed E-state index contributed by atoms with van der Waals surface area (Å²) in [7, 11) is 0. The Kier molecular flexibility index (Phi) is 4.24. The van der Waals surface area contributed by atoms with Crippen LogP contribution in [0.1, 0.15) is 28.8 Å². The lowest BCUT2D eigenvalue weighted by molar-refractivity contribution is 0.0950. The highest BCUT2D eigenvalue weighted by atomic mass is 35.5. The summed E-state index contributed by atoms with van der Waals surface area (Å²) in [5, 5.41) is 10.4. The highest BCUT2D eigenvalue weighted by Crippen LogP contribution is 2.47. The SMILES string of the molecule is O=C(NCC1(c2ccc(Cl)cc2)CC1)c1cn[nH]c1-c1cccc(F)c1. The zero-order valence-electron chi connectivity index (χ0n) is 13.9. The lowest BCUT2D eigenvalue weighted by Gasteiger charge is -2.17. The molecule has 0 atom stereocenters. The minimum absolute atomic E-state index is 0.0248. The molecule has 1 amide bonds. The maximum absolute atomic E-state index is 13.5. The lowest BCUT2D eigenvalue weighted by atomic mass is 9.96. The van der Waals surface area contributed by atoms with Crippen molar-refractivity contribution >= 4 is 17.5 Å². The van der Waals surface area contributed by atoms with Gasteiger partial charge in [0.25, 0.3) is 5.91 Å². The van der Waals surface area contributed by atoms with Gasteiger partial charge in [-0.2, -0.15) is 5.10 Å². The molecule has 4 nitrogen and oxygen atoms in total. The number of carbonyl (C=O) groups excluding carboxylic acids is 1. The van der Waals surface area contributed by atoms with E-state index in [9.17, 15) is 9.18 Å². The molecule has 1 saturated carbocycles. The summed E-state index contributed by atoms with van der Waals surface area (Å²) in [5.41, 5.74) is 2.66. The van der Waals surface area contributed by atoms with Crippen LogP contribution in [0.2, 0.25) is 5.02 Å². The van der Waals surface area contributed by atoms with Crippen molar-refractivity contribution in [1.82, 2.24) is 15.5 Å². The number of carbonyl (C=O) groups is 1. The van der Waals surface area contributed by atoms with Gasteiger partial charge in [0.15, 0.2) is 0 Å². The average molecular weight is 370 g/mol. The summed E-state index contributed by atoms with van der Waals surface area (Å²) >= 11 is 5.96. The molecule has 6 heteroatoms. The molecule has 2 aromatic carbocycles. The second-order valence-electron chi connectivity index (χ2n) is 6.64. The first-order valence-corrected chi connectivity index (χ1v) is 8.79. The Morgan fingerprint density at radius 1 is 1.23 bits per heavy atom. The maximum Gasteiger partial charge on any atom is 0.255 e. The third kappa shape index (κ3) is 3.22. The number of aromatic amines is 1. The summed E-state index contributed by atoms with van der Waals surface area (Å²) in [6, 6.07) is 13.8. The summed E-state index contributed by atoms with van der Waals surface area (Å²) in [4.78, 5) is 12.7. The first kappa shape index (κ1) is 16.8. The van der Waals surface area contributed by atoms with Gasteiger partial charge in [0.2, 0.25) is 0 Å². The van der Waals surface area contributed by atoms with Crippen molar-refractivity contribution in [2.24, 2.45) is 0 Å². The van der Waals surface area contributed by atoms with Gasteiger partial charge >= 0.3 is 0 Å². The molecule has 4 rings (SSSR count). The number of aromatic nitrogens is 2. The molecule has 1 aromatic heterocycles. The fourth-order valence-electron chi connectivity index (χ4n) is 3.19. The van der Waals surface area contributed by atoms with Crippen molar-refractivity contribution in [3.63, 3.8) is 0 Å². The Labute approximate surface area is 155 Å². The van der Waals surface area contributed by atoms with Crippen LogP contribution in [0.25, 0.3) is 11.3 Å². The fraction of sp³-hybridized carbons (Fsp3) is 0.200. The van der Waals surface area contributed by atoms with E-state index in [-0.39, 0.29) is 17.1 Å². The number of benzene rings is 2. The van der Waals surface area contributed by atoms with E-state index in [2.05, 4.69) is 15.5 Å². The van der Waals surface area contributed by atoms with Crippen molar-refractivity contribution in [2.75, 3.05) is 6.54 Å². The van der Waals surface area contributed by atoms with Crippen LogP contribution in [0, 0.1) is 5.82 Å². The van der Waals surface area contributed by atoms with Crippen LogP contribution in [0.15, 0.2) is 54.7 Å². The minimum atomic E-state index is -0.358. The minimum Gasteiger partial charge on any atom is -0.351 e. The van der Waals surface area contributed by atoms with Crippen LogP contribution in [-0.4, -0.2) is 22.6 Å². The third-order valence-corrected chi connectivity index (χ3v) is 5.15. The van der Waals surface area contributed by atoms with E-state index < -0.39 is 0 Å². The Balaban J connectivity index is 1.50. The predicted octanol–water partition coefficient (Wildman–Crippen LogP) is 4.33. The highest BCUT2D eigenvalue weighted by molar-refractivity contribution is 6.30. The standard InChI is InChI=1S/C20H17ClFN3O/c21-15-6-4-14(5-7-15)20(8-9-20)12-23-19(26)17-11-24-25-18(17)13-2-1-3-16(22)10-13/h1-7,10-11H,8-9,12H2,(H,23,26)(H,24,25). The van der Waals surface area contributed by atoms with Crippen molar-refractivity contribution in [3.8, 4) is 11.3 Å². The summed E-state index contributed by atoms with van der Waals surface area (Å²) in [6.07, 6.45) is 3.52. The molecule has 1 fully saturated rings. The monoisotopic (exact) mass is 369 g/mol. The van der Waals surface area contributed by atoms with Crippen LogP contribution in [0.3, 0.4) is 0 Å². The summed E-state index contributed by atoms with van der Waals surface area (Å²) < 4.78 is 13.5. The Hall–Kier alpha value is -2.66. The Morgan fingerprint density at radius 2 is 2.00 bits per heavy atom. The number of hydrogen-bond donors (Lipinski definition) is 2. The van der Waals surface area contributed by atoms with Gasteiger partial charge in [0.1, 0.15) is 5.82 Å². The molecule has 0 saturated heterocycles. The lowest BCUT2D eigenvalue weighted by Crippen LogP contribution is -2.32. The quantitative estimate of drug-likeness (QED) is 0.703. The molecule has 0 spiro atoms. The van der Waals surface area contributed by atoms with E-state index in [0.29, 0.717) is 28.4 Å². The first-order chi connectivity index (χ1) is 12.6. The van der Waals surface area contributed by atoms with Gasteiger partial charge in [-0.1, -0.05) is 35.9 Å². The van der Waals surface area contributed by atoms with Gasteiger partial charge in [-0.05, 0) is 42.7 Å². The van der Waals surface area contributed by atoms with Gasteiger partial charge < -0.3 is 5.32 Å². The normalized spacial score (nSPS) is 14.8. The van der Waals surface area contributed by atoms with E-state index in [1.54, 1.807) is 12.1 Å². The predicted molar refractivity (Wildman–Crippen MR) is 98.7 cm³/mol. The molecule has 0 bridgehead atoms. The number of halogens is 2. The van der Waals surface area contributed by atoms with E-state index in [1.807, 2.05) is 24.3 Å². The highest BCUT2D eigenvalue weighted by Gasteiger charge is 2.44. The van der Waals surface area contributed by atoms with Crippen molar-refractivity contribution in [3.05, 3.63) is 76.7 Å². The molecular formula is C20H17ClFN3O. The fourth-order valence-corrected chi connectivity index (χ4v) is 3.31. The van der Waals surface area contributed by atoms with Crippen molar-refractivity contribution < 1.29 is 9.18 Å². The second kappa shape index (κ2) is 6.57. The molecular weight excluding hydrogens is 353 g/mol. The third-order valence-electron chi connectivity index (χ3n) is 4.89. The molecule has 3 aromatic rings. The van der Waals surface area contributed by atoms with E-state index in [4.69, 9.17) is 11.6 Å². The van der Waals surface area contributed by atoms with Crippen molar-refractivity contribution in [2.45, 2.75) is 18.3 Å². The van der Waals surface area contributed by atoms with Gasteiger partial charge in [-0.3, -0.25) is 9.89 Å². The molecule has 1 heterocycles. The molecule has 26 heavy (non-hydrogen) atoms. The van der Waals surface area contributed by atoms with Gasteiger partial charge in [-0.25, -0.2) is 4.39 Å². The first-order valence-electron chi connectivity index (χ1n) is 8.41. The van der Waals surface area contributed by atoms with Crippen LogP contribution < -0.4 is 5.32 Å². The summed E-state index contributed by atoms with van der Waals surface area (Å²) in [5.74, 6) is -0.582. The topological polar surface area (TPSA) is 57.8 Å². The largest absolute Gasteiger partial charge is 0.351 e. The molecule has 0 unspecified atom stereocenters. The van der Waals surface area contributed by atoms with E-state index in [0.717, 1.165) is 12.8 Å². The molecule has 0 aliphatic heterocycles. The van der Waals surface area contributed by atoms with Gasteiger partial charge in [0, 0.05) is 22.5 Å². The number of hydrogen-bond acceptors (Lipinski definition) is 2. The molecule has 132 valence electrons. The zero-order valence-corrected chi connectivity index (χ0v) is 14.7. The number of H-pyrrole nitrogens is 1. The smallest absolute Gasteiger partial charge is 0.255 e.